The molecule has 3 heterocycles. The van der Waals surface area contributed by atoms with Crippen molar-refractivity contribution in [2.24, 2.45) is 0 Å². The van der Waals surface area contributed by atoms with E-state index in [0.717, 1.165) is 29.8 Å². The van der Waals surface area contributed by atoms with E-state index in [1.54, 1.807) is 45.8 Å². The van der Waals surface area contributed by atoms with Crippen LogP contribution in [0.5, 0.6) is 0 Å². The van der Waals surface area contributed by atoms with Gasteiger partial charge in [0.05, 0.1) is 30.2 Å². The Morgan fingerprint density at radius 1 is 1.10 bits per heavy atom. The van der Waals surface area contributed by atoms with Gasteiger partial charge in [-0.2, -0.15) is 4.31 Å². The molecule has 2 aliphatic rings. The van der Waals surface area contributed by atoms with Crippen LogP contribution < -0.4 is 4.90 Å². The lowest BCUT2D eigenvalue weighted by Gasteiger charge is -2.32. The molecule has 2 fully saturated rings. The third kappa shape index (κ3) is 4.95. The predicted molar refractivity (Wildman–Crippen MR) is 122 cm³/mol. The first-order valence-electron chi connectivity index (χ1n) is 10.7. The minimum absolute atomic E-state index is 0.175. The van der Waals surface area contributed by atoms with E-state index in [2.05, 4.69) is 4.90 Å². The number of amides is 1. The third-order valence-electron chi connectivity index (χ3n) is 5.82. The predicted octanol–water partition coefficient (Wildman–Crippen LogP) is 3.03. The van der Waals surface area contributed by atoms with Crippen molar-refractivity contribution < 1.29 is 17.9 Å². The van der Waals surface area contributed by atoms with Crippen molar-refractivity contribution in [3.8, 4) is 0 Å². The summed E-state index contributed by atoms with van der Waals surface area (Å²) in [5, 5.41) is 1.98. The number of rotatable bonds is 6. The van der Waals surface area contributed by atoms with Gasteiger partial charge in [0.1, 0.15) is 0 Å². The first-order chi connectivity index (χ1) is 15.0. The van der Waals surface area contributed by atoms with Crippen LogP contribution in [0, 0.1) is 0 Å². The highest BCUT2D eigenvalue weighted by molar-refractivity contribution is 7.89. The zero-order chi connectivity index (χ0) is 21.8. The van der Waals surface area contributed by atoms with Gasteiger partial charge in [-0.15, -0.1) is 11.3 Å². The Morgan fingerprint density at radius 2 is 1.84 bits per heavy atom. The van der Waals surface area contributed by atoms with Crippen molar-refractivity contribution in [3.05, 3.63) is 46.2 Å². The molecule has 9 heteroatoms. The van der Waals surface area contributed by atoms with Gasteiger partial charge < -0.3 is 14.5 Å². The molecule has 1 aromatic heterocycles. The lowest BCUT2D eigenvalue weighted by atomic mass is 10.1. The lowest BCUT2D eigenvalue weighted by molar-refractivity contribution is 0.0785. The van der Waals surface area contributed by atoms with Crippen molar-refractivity contribution >= 4 is 33.0 Å². The Labute approximate surface area is 188 Å². The van der Waals surface area contributed by atoms with E-state index >= 15 is 0 Å². The lowest BCUT2D eigenvalue weighted by Crippen LogP contribution is -2.38. The zero-order valence-electron chi connectivity index (χ0n) is 17.8. The summed E-state index contributed by atoms with van der Waals surface area (Å²) in [5.41, 5.74) is 1.20. The van der Waals surface area contributed by atoms with E-state index in [4.69, 9.17) is 4.74 Å². The molecule has 0 atom stereocenters. The summed E-state index contributed by atoms with van der Waals surface area (Å²) in [7, 11) is -1.86. The molecule has 1 aromatic carbocycles. The van der Waals surface area contributed by atoms with Crippen LogP contribution in [0.3, 0.4) is 0 Å². The van der Waals surface area contributed by atoms with Crippen molar-refractivity contribution in [2.75, 3.05) is 51.3 Å². The maximum atomic E-state index is 13.5. The highest BCUT2D eigenvalue weighted by Crippen LogP contribution is 2.29. The molecule has 0 bridgehead atoms. The van der Waals surface area contributed by atoms with Gasteiger partial charge in [0, 0.05) is 43.8 Å². The van der Waals surface area contributed by atoms with Crippen molar-refractivity contribution in [3.63, 3.8) is 0 Å². The van der Waals surface area contributed by atoms with E-state index in [0.29, 0.717) is 51.5 Å². The van der Waals surface area contributed by atoms with Crippen LogP contribution in [0.25, 0.3) is 0 Å². The molecule has 0 unspecified atom stereocenters. The fourth-order valence-corrected chi connectivity index (χ4v) is 6.40. The van der Waals surface area contributed by atoms with Crippen LogP contribution in [-0.4, -0.2) is 70.0 Å². The van der Waals surface area contributed by atoms with Gasteiger partial charge in [0.15, 0.2) is 0 Å². The molecule has 4 rings (SSSR count). The Morgan fingerprint density at radius 3 is 2.52 bits per heavy atom. The van der Waals surface area contributed by atoms with Gasteiger partial charge in [0.2, 0.25) is 10.0 Å². The van der Waals surface area contributed by atoms with E-state index in [-0.39, 0.29) is 10.8 Å². The summed E-state index contributed by atoms with van der Waals surface area (Å²) in [6, 6.07) is 8.96. The molecule has 0 saturated carbocycles. The number of carbonyl (C=O) groups excluding carboxylic acids is 1. The Bertz CT molecular complexity index is 996. The molecule has 0 radical (unpaired) electrons. The number of ether oxygens (including phenoxy) is 1. The second kappa shape index (κ2) is 9.68. The average molecular weight is 464 g/mol. The average Bonchev–Trinajstić information content (AvgIpc) is 3.32. The number of hydrogen-bond acceptors (Lipinski definition) is 6. The van der Waals surface area contributed by atoms with Crippen LogP contribution in [0.4, 0.5) is 5.69 Å². The standard InChI is InChI=1S/C22H29N3O4S2/c1-23(17-18-6-5-15-30-18)22(26)20-16-19(31(27,28)25-9-3-2-4-10-25)7-8-21(20)24-11-13-29-14-12-24/h5-8,15-16H,2-4,9-14,17H2,1H3. The van der Waals surface area contributed by atoms with Gasteiger partial charge in [0.25, 0.3) is 5.91 Å². The second-order valence-electron chi connectivity index (χ2n) is 7.98. The molecular formula is C22H29N3O4S2. The number of hydrogen-bond donors (Lipinski definition) is 0. The van der Waals surface area contributed by atoms with Crippen LogP contribution >= 0.6 is 11.3 Å². The van der Waals surface area contributed by atoms with Crippen molar-refractivity contribution in [2.45, 2.75) is 30.7 Å². The molecule has 2 saturated heterocycles. The largest absolute Gasteiger partial charge is 0.378 e. The molecule has 7 nitrogen and oxygen atoms in total. The molecular weight excluding hydrogens is 434 g/mol. The molecule has 0 spiro atoms. The number of carbonyl (C=O) groups is 1. The summed E-state index contributed by atoms with van der Waals surface area (Å²) in [6.07, 6.45) is 2.81. The number of thiophene rings is 1. The van der Waals surface area contributed by atoms with Crippen molar-refractivity contribution in [1.82, 2.24) is 9.21 Å². The van der Waals surface area contributed by atoms with E-state index in [1.165, 1.54) is 0 Å². The normalized spacial score (nSPS) is 18.2. The van der Waals surface area contributed by atoms with Gasteiger partial charge in [-0.25, -0.2) is 8.42 Å². The maximum Gasteiger partial charge on any atom is 0.256 e. The number of morpholine rings is 1. The second-order valence-corrected chi connectivity index (χ2v) is 11.0. The van der Waals surface area contributed by atoms with Gasteiger partial charge in [-0.3, -0.25) is 4.79 Å². The summed E-state index contributed by atoms with van der Waals surface area (Å²) < 4.78 is 33.5. The van der Waals surface area contributed by atoms with Gasteiger partial charge in [-0.05, 0) is 42.5 Å². The van der Waals surface area contributed by atoms with Crippen LogP contribution in [0.1, 0.15) is 34.5 Å². The summed E-state index contributed by atoms with van der Waals surface area (Å²) in [6.45, 7) is 4.09. The van der Waals surface area contributed by atoms with E-state index in [9.17, 15) is 13.2 Å². The number of piperidine rings is 1. The monoisotopic (exact) mass is 463 g/mol. The van der Waals surface area contributed by atoms with Crippen LogP contribution in [0.15, 0.2) is 40.6 Å². The Kier molecular flexibility index (Phi) is 6.95. The molecule has 168 valence electrons. The molecule has 2 aromatic rings. The Balaban J connectivity index is 1.68. The quantitative estimate of drug-likeness (QED) is 0.659. The summed E-state index contributed by atoms with van der Waals surface area (Å²) in [5.74, 6) is -0.175. The highest BCUT2D eigenvalue weighted by Gasteiger charge is 2.29. The zero-order valence-corrected chi connectivity index (χ0v) is 19.5. The van der Waals surface area contributed by atoms with Crippen molar-refractivity contribution in [1.29, 1.82) is 0 Å². The fraction of sp³-hybridized carbons (Fsp3) is 0.500. The maximum absolute atomic E-state index is 13.5. The smallest absolute Gasteiger partial charge is 0.256 e. The fourth-order valence-electron chi connectivity index (χ4n) is 4.09. The summed E-state index contributed by atoms with van der Waals surface area (Å²) in [4.78, 5) is 18.5. The molecule has 0 aliphatic carbocycles. The molecule has 31 heavy (non-hydrogen) atoms. The molecule has 2 aliphatic heterocycles. The van der Waals surface area contributed by atoms with E-state index < -0.39 is 10.0 Å². The van der Waals surface area contributed by atoms with Gasteiger partial charge >= 0.3 is 0 Å². The number of anilines is 1. The SMILES string of the molecule is CN(Cc1cccs1)C(=O)c1cc(S(=O)(=O)N2CCCCC2)ccc1N1CCOCC1. The van der Waals surface area contributed by atoms with Crippen LogP contribution in [-0.2, 0) is 21.3 Å². The Hall–Kier alpha value is -1.94. The topological polar surface area (TPSA) is 70.2 Å². The van der Waals surface area contributed by atoms with Crippen LogP contribution in [0.2, 0.25) is 0 Å². The third-order valence-corrected chi connectivity index (χ3v) is 8.58. The number of nitrogens with zero attached hydrogens (tertiary/aromatic N) is 3. The molecule has 1 amide bonds. The van der Waals surface area contributed by atoms with E-state index in [1.807, 2.05) is 17.5 Å². The minimum Gasteiger partial charge on any atom is -0.378 e. The highest BCUT2D eigenvalue weighted by atomic mass is 32.2. The first-order valence-corrected chi connectivity index (χ1v) is 13.0. The summed E-state index contributed by atoms with van der Waals surface area (Å²) >= 11 is 1.60. The molecule has 0 N–H and O–H groups in total. The minimum atomic E-state index is -3.62. The van der Waals surface area contributed by atoms with Gasteiger partial charge in [-0.1, -0.05) is 12.5 Å². The first kappa shape index (κ1) is 22.3. The number of sulfonamides is 1. The number of benzene rings is 1.